The first-order chi connectivity index (χ1) is 14.2. The molecule has 0 bridgehead atoms. The second-order valence-corrected chi connectivity index (χ2v) is 8.88. The highest BCUT2D eigenvalue weighted by Crippen LogP contribution is 2.49. The van der Waals surface area contributed by atoms with Gasteiger partial charge in [0.15, 0.2) is 5.37 Å². The molecule has 15 nitrogen and oxygen atoms in total. The predicted molar refractivity (Wildman–Crippen MR) is 88.7 cm³/mol. The van der Waals surface area contributed by atoms with Gasteiger partial charge in [-0.3, -0.25) is 62.5 Å². The average Bonchev–Trinajstić information content (AvgIpc) is 2.68. The van der Waals surface area contributed by atoms with E-state index in [2.05, 4.69) is 0 Å². The monoisotopic (exact) mass is 456 g/mol. The topological polar surface area (TPSA) is 204 Å². The lowest BCUT2D eigenvalue weighted by atomic mass is 9.67. The second kappa shape index (κ2) is 5.58. The zero-order valence-electron chi connectivity index (χ0n) is 15.7. The Balaban J connectivity index is 1.50. The maximum absolute atomic E-state index is 12.4. The molecule has 4 rings (SSSR count). The molecule has 0 aromatic rings. The highest BCUT2D eigenvalue weighted by molar-refractivity contribution is 7.86. The first kappa shape index (κ1) is 20.7. The highest BCUT2D eigenvalue weighted by atomic mass is 32.2. The zero-order valence-corrected chi connectivity index (χ0v) is 16.5. The van der Waals surface area contributed by atoms with Crippen LogP contribution in [0.3, 0.4) is 0 Å². The molecule has 4 fully saturated rings. The van der Waals surface area contributed by atoms with Gasteiger partial charge in [0.25, 0.3) is 68.2 Å². The number of carbonyl (C=O) groups is 8. The number of hydrogen-bond donors (Lipinski definition) is 1. The molecule has 4 aliphatic rings. The Labute approximate surface area is 172 Å². The lowest BCUT2D eigenvalue weighted by Crippen LogP contribution is -2.88. The Morgan fingerprint density at radius 2 is 1.03 bits per heavy atom. The molecule has 4 heterocycles. The maximum Gasteiger partial charge on any atom is 0.286 e. The molecule has 0 saturated carbocycles. The molecule has 164 valence electrons. The zero-order chi connectivity index (χ0) is 23.4. The van der Waals surface area contributed by atoms with E-state index in [1.54, 1.807) is 0 Å². The van der Waals surface area contributed by atoms with Gasteiger partial charge in [-0.2, -0.15) is 8.42 Å². The number of β-lactam (4-membered cyclic amide) rings is 8. The van der Waals surface area contributed by atoms with Crippen molar-refractivity contribution in [2.45, 2.75) is 19.2 Å². The van der Waals surface area contributed by atoms with Gasteiger partial charge in [-0.15, -0.1) is 0 Å². The third-order valence-electron chi connectivity index (χ3n) is 5.87. The molecule has 0 aliphatic carbocycles. The Hall–Kier alpha value is -3.53. The van der Waals surface area contributed by atoms with Crippen LogP contribution in [0.2, 0.25) is 0 Å². The number of nitrogens with zero attached hydrogens (tertiary/aromatic N) is 4. The summed E-state index contributed by atoms with van der Waals surface area (Å²) in [6.45, 7) is 1.14. The van der Waals surface area contributed by atoms with Gasteiger partial charge in [0.1, 0.15) is 6.67 Å². The molecule has 8 amide bonds. The number of rotatable bonds is 5. The first-order valence-corrected chi connectivity index (χ1v) is 10.2. The van der Waals surface area contributed by atoms with E-state index in [-0.39, 0.29) is 21.2 Å². The van der Waals surface area contributed by atoms with Crippen molar-refractivity contribution in [3.05, 3.63) is 0 Å². The van der Waals surface area contributed by atoms with Crippen molar-refractivity contribution in [2.24, 2.45) is 10.8 Å². The van der Waals surface area contributed by atoms with Crippen LogP contribution in [-0.2, 0) is 48.5 Å². The number of hydrogen-bond acceptors (Lipinski definition) is 10. The van der Waals surface area contributed by atoms with Crippen LogP contribution in [0.1, 0.15) is 13.8 Å². The fourth-order valence-corrected chi connectivity index (χ4v) is 4.44. The number of imide groups is 4. The number of carbonyl (C=O) groups excluding carboxylic acids is 8. The van der Waals surface area contributed by atoms with Crippen molar-refractivity contribution in [1.82, 2.24) is 19.6 Å². The van der Waals surface area contributed by atoms with E-state index >= 15 is 0 Å². The molecule has 4 saturated heterocycles. The third kappa shape index (κ3) is 1.85. The standard InChI is InChI=1S/C15H12N4O11S/c1-3-16-6(20)14(7(16)21)8(22)17(9(14)23)4-18-10(24)15(11(18)25)12(26)19(13(15)27)5(2)31(28,29)30/h5H,3-4H2,1-2H3,(H,28,29,30). The van der Waals surface area contributed by atoms with Crippen molar-refractivity contribution >= 4 is 57.4 Å². The summed E-state index contributed by atoms with van der Waals surface area (Å²) in [6.07, 6.45) is 0. The van der Waals surface area contributed by atoms with Crippen LogP contribution in [0.5, 0.6) is 0 Å². The van der Waals surface area contributed by atoms with Crippen LogP contribution in [0.25, 0.3) is 0 Å². The van der Waals surface area contributed by atoms with Crippen LogP contribution < -0.4 is 0 Å². The van der Waals surface area contributed by atoms with Crippen LogP contribution in [0, 0.1) is 10.8 Å². The van der Waals surface area contributed by atoms with Crippen molar-refractivity contribution in [3.63, 3.8) is 0 Å². The molecule has 1 unspecified atom stereocenters. The van der Waals surface area contributed by atoms with Crippen LogP contribution in [-0.4, -0.2) is 98.4 Å². The molecule has 0 aromatic heterocycles. The smallest absolute Gasteiger partial charge is 0.284 e. The lowest BCUT2D eigenvalue weighted by Gasteiger charge is -2.56. The highest BCUT2D eigenvalue weighted by Gasteiger charge is 2.84. The summed E-state index contributed by atoms with van der Waals surface area (Å²) in [6, 6.07) is 0. The SMILES string of the molecule is CCN1C(=O)C2(C1=O)C(=O)N(CN1C(=O)C3(C1=O)C(=O)N(C(C)S(=O)(=O)O)C3=O)C2=O. The number of amides is 8. The van der Waals surface area contributed by atoms with Crippen molar-refractivity contribution < 1.29 is 51.3 Å². The van der Waals surface area contributed by atoms with Crippen molar-refractivity contribution in [3.8, 4) is 0 Å². The quantitative estimate of drug-likeness (QED) is 0.238. The molecule has 31 heavy (non-hydrogen) atoms. The van der Waals surface area contributed by atoms with Gasteiger partial charge >= 0.3 is 0 Å². The van der Waals surface area contributed by atoms with Crippen LogP contribution >= 0.6 is 0 Å². The van der Waals surface area contributed by atoms with Crippen molar-refractivity contribution in [1.29, 1.82) is 0 Å². The molecule has 1 N–H and O–H groups in total. The Bertz CT molecular complexity index is 1120. The minimum Gasteiger partial charge on any atom is -0.284 e. The van der Waals surface area contributed by atoms with E-state index in [0.717, 1.165) is 6.92 Å². The lowest BCUT2D eigenvalue weighted by molar-refractivity contribution is -0.206. The molecule has 0 aromatic carbocycles. The second-order valence-electron chi connectivity index (χ2n) is 7.17. The largest absolute Gasteiger partial charge is 0.286 e. The fourth-order valence-electron chi connectivity index (χ4n) is 3.98. The fraction of sp³-hybridized carbons (Fsp3) is 0.467. The van der Waals surface area contributed by atoms with Gasteiger partial charge < -0.3 is 0 Å². The molecule has 2 spiro atoms. The van der Waals surface area contributed by atoms with Crippen molar-refractivity contribution in [2.75, 3.05) is 13.2 Å². The van der Waals surface area contributed by atoms with E-state index in [0.29, 0.717) is 4.90 Å². The summed E-state index contributed by atoms with van der Waals surface area (Å²) in [4.78, 5) is 99.3. The number of likely N-dealkylation sites (tertiary alicyclic amines) is 4. The summed E-state index contributed by atoms with van der Waals surface area (Å²) in [5, 5.41) is -2.04. The van der Waals surface area contributed by atoms with Gasteiger partial charge in [0.2, 0.25) is 0 Å². The summed E-state index contributed by atoms with van der Waals surface area (Å²) in [5.41, 5.74) is -5.36. The van der Waals surface area contributed by atoms with E-state index in [1.165, 1.54) is 6.92 Å². The van der Waals surface area contributed by atoms with Gasteiger partial charge in [0.05, 0.1) is 0 Å². The van der Waals surface area contributed by atoms with Gasteiger partial charge in [0, 0.05) is 6.54 Å². The van der Waals surface area contributed by atoms with Crippen LogP contribution in [0.4, 0.5) is 0 Å². The van der Waals surface area contributed by atoms with E-state index < -0.39 is 80.2 Å². The van der Waals surface area contributed by atoms with E-state index in [1.807, 2.05) is 0 Å². The summed E-state index contributed by atoms with van der Waals surface area (Å²) >= 11 is 0. The third-order valence-corrected chi connectivity index (χ3v) is 6.94. The molecule has 16 heteroatoms. The molecule has 1 atom stereocenters. The summed E-state index contributed by atoms with van der Waals surface area (Å²) in [5.74, 6) is -10.3. The van der Waals surface area contributed by atoms with Crippen LogP contribution in [0.15, 0.2) is 0 Å². The van der Waals surface area contributed by atoms with Gasteiger partial charge in [-0.1, -0.05) is 0 Å². The summed E-state index contributed by atoms with van der Waals surface area (Å²) in [7, 11) is -4.88. The molecule has 4 aliphatic heterocycles. The Kier molecular flexibility index (Phi) is 3.73. The normalized spacial score (nSPS) is 25.1. The minimum absolute atomic E-state index is 0.0302. The first-order valence-electron chi connectivity index (χ1n) is 8.66. The average molecular weight is 456 g/mol. The maximum atomic E-state index is 12.4. The molecular formula is C15H12N4O11S. The van der Waals surface area contributed by atoms with Gasteiger partial charge in [-0.05, 0) is 13.8 Å². The van der Waals surface area contributed by atoms with E-state index in [9.17, 15) is 46.8 Å². The predicted octanol–water partition coefficient (Wildman–Crippen LogP) is -4.35. The summed E-state index contributed by atoms with van der Waals surface area (Å²) < 4.78 is 31.3. The molecular weight excluding hydrogens is 444 g/mol. The molecule has 0 radical (unpaired) electrons. The van der Waals surface area contributed by atoms with E-state index in [4.69, 9.17) is 4.55 Å². The Morgan fingerprint density at radius 3 is 1.35 bits per heavy atom. The van der Waals surface area contributed by atoms with Gasteiger partial charge in [-0.25, -0.2) is 0 Å². The Morgan fingerprint density at radius 1 is 0.710 bits per heavy atom. The minimum atomic E-state index is -4.88.